The number of allylic oxidation sites excluding steroid dienone is 1. The summed E-state index contributed by atoms with van der Waals surface area (Å²) < 4.78 is 59.1. The Balaban J connectivity index is 1.18. The zero-order valence-electron chi connectivity index (χ0n) is 64.0. The van der Waals surface area contributed by atoms with Gasteiger partial charge in [-0.05, 0) is 19.3 Å². The number of carbonyl (C=O) groups excluding carboxylic acids is 3. The van der Waals surface area contributed by atoms with Gasteiger partial charge in [-0.2, -0.15) is 0 Å². The number of hydrogen-bond donors (Lipinski definition) is 18. The topological polar surface area (TPSA) is 483 Å². The van der Waals surface area contributed by atoms with Crippen LogP contribution in [0.2, 0.25) is 0 Å². The van der Waals surface area contributed by atoms with Gasteiger partial charge in [0, 0.05) is 20.3 Å². The highest BCUT2D eigenvalue weighted by molar-refractivity contribution is 5.76. The Morgan fingerprint density at radius 2 is 0.692 bits per heavy atom. The van der Waals surface area contributed by atoms with Crippen LogP contribution in [0, 0.1) is 0 Å². The summed E-state index contributed by atoms with van der Waals surface area (Å²) in [5.41, 5.74) is 0. The molecule has 0 saturated carbocycles. The number of nitrogens with one attached hydrogen (secondary N) is 3. The van der Waals surface area contributed by atoms with Gasteiger partial charge in [0.25, 0.3) is 0 Å². The molecule has 27 atom stereocenters. The Morgan fingerprint density at radius 3 is 1.08 bits per heavy atom. The first-order chi connectivity index (χ1) is 51.6. The Bertz CT molecular complexity index is 2380. The molecule has 5 saturated heterocycles. The maximum absolute atomic E-state index is 13.6. The lowest BCUT2D eigenvalue weighted by Crippen LogP contribution is -2.70. The van der Waals surface area contributed by atoms with Crippen LogP contribution in [0.15, 0.2) is 12.2 Å². The van der Waals surface area contributed by atoms with Gasteiger partial charge in [-0.3, -0.25) is 14.4 Å². The Morgan fingerprint density at radius 1 is 0.364 bits per heavy atom. The molecule has 0 spiro atoms. The molecular weight excluding hydrogens is 1400 g/mol. The zero-order valence-corrected chi connectivity index (χ0v) is 64.0. The van der Waals surface area contributed by atoms with E-state index in [-0.39, 0.29) is 12.3 Å². The first-order valence-electron chi connectivity index (χ1n) is 40.5. The van der Waals surface area contributed by atoms with Crippen molar-refractivity contribution in [3.63, 3.8) is 0 Å². The summed E-state index contributed by atoms with van der Waals surface area (Å²) in [5, 5.41) is 175. The smallest absolute Gasteiger partial charge is 0.220 e. The van der Waals surface area contributed by atoms with Crippen molar-refractivity contribution < 1.29 is 138 Å². The van der Waals surface area contributed by atoms with Gasteiger partial charge in [0.15, 0.2) is 31.5 Å². The highest BCUT2D eigenvalue weighted by Crippen LogP contribution is 2.37. The van der Waals surface area contributed by atoms with E-state index in [0.29, 0.717) is 12.8 Å². The minimum absolute atomic E-state index is 0.191. The quantitative estimate of drug-likeness (QED) is 0.0306. The van der Waals surface area contributed by atoms with Crippen LogP contribution in [-0.2, 0) is 61.8 Å². The molecule has 0 aromatic carbocycles. The van der Waals surface area contributed by atoms with Crippen LogP contribution in [0.1, 0.15) is 246 Å². The summed E-state index contributed by atoms with van der Waals surface area (Å²) in [6.07, 6.45) is -0.903. The third-order valence-corrected chi connectivity index (χ3v) is 21.1. The maximum Gasteiger partial charge on any atom is 0.220 e. The Hall–Kier alpha value is -2.85. The fourth-order valence-electron chi connectivity index (χ4n) is 14.7. The third kappa shape index (κ3) is 31.8. The van der Waals surface area contributed by atoms with E-state index in [0.717, 1.165) is 65.2 Å². The standard InChI is InChI=1S/C76H139N3O28/c1-5-7-9-11-13-15-17-19-20-21-22-23-24-25-26-28-30-32-34-36-38-40-56(88)79-49(50(87)39-37-35-33-31-29-27-18-16-14-12-10-8-6-2)46-98-74-65(95)64(94)69(55(45-84)103-74)105-76-67(97)71(61(91)53(43-82)101-76)107-73-58(78-48(4)86)63(93)68(54(44-83)102-73)104-75-66(96)70(60(90)52(42-81)100-75)106-72-57(77-47(3)85)62(92)59(89)51(41-80)99-72/h37,39,49-55,57-76,80-84,87,89-97H,5-36,38,40-46H2,1-4H3,(H,77,85)(H,78,86)(H,79,88)/b39-37+/t49-,50+,51?,52?,53?,54?,55?,57?,58?,59-,60-,61-,62+,63+,64+,65?,66?,67?,68+,69+,70-,71-,72-,73-,74+,75-,76-/m0/s1. The van der Waals surface area contributed by atoms with E-state index in [1.807, 2.05) is 6.08 Å². The first kappa shape index (κ1) is 94.7. The zero-order chi connectivity index (χ0) is 78.2. The fourth-order valence-corrected chi connectivity index (χ4v) is 14.7. The van der Waals surface area contributed by atoms with Crippen molar-refractivity contribution >= 4 is 17.7 Å². The summed E-state index contributed by atoms with van der Waals surface area (Å²) in [7, 11) is 0. The number of aliphatic hydroxyl groups excluding tert-OH is 15. The molecule has 626 valence electrons. The SMILES string of the molecule is CCCCCCCCCCCCC/C=C/[C@@H](O)[C@H](CO[C@@H]1OC(CO)[C@@H](O[C@@H]2OC(CO)[C@H](O)[C@H](O[C@@H]3OC(CO)[C@@H](O[C@@H]4OC(CO)[C@H](O)[C@H](O[C@@H]5OC(CO)[C@H](O)[C@H](O)C5NC(C)=O)C4O)[C@H](O)C3NC(C)=O)C2O)[C@H](O)C1O)NC(=O)CCCCCCCCCCCCCCCCCCCCCCC. The Kier molecular flexibility index (Phi) is 47.2. The van der Waals surface area contributed by atoms with Crippen LogP contribution in [-0.4, -0.2) is 300 Å². The third-order valence-electron chi connectivity index (χ3n) is 21.1. The summed E-state index contributed by atoms with van der Waals surface area (Å²) in [6.45, 7) is 1.41. The number of amides is 3. The van der Waals surface area contributed by atoms with Crippen molar-refractivity contribution in [1.29, 1.82) is 0 Å². The van der Waals surface area contributed by atoms with E-state index < -0.39 is 217 Å². The van der Waals surface area contributed by atoms with E-state index in [2.05, 4.69) is 29.8 Å². The Labute approximate surface area is 633 Å². The monoisotopic (exact) mass is 1540 g/mol. The molecule has 5 rings (SSSR count). The predicted molar refractivity (Wildman–Crippen MR) is 389 cm³/mol. The van der Waals surface area contributed by atoms with Gasteiger partial charge >= 0.3 is 0 Å². The van der Waals surface area contributed by atoms with Crippen molar-refractivity contribution in [3.8, 4) is 0 Å². The molecule has 10 unspecified atom stereocenters. The molecule has 5 fully saturated rings. The number of rotatable bonds is 55. The molecule has 31 heteroatoms. The lowest BCUT2D eigenvalue weighted by Gasteiger charge is -2.50. The second kappa shape index (κ2) is 53.3. The van der Waals surface area contributed by atoms with Crippen LogP contribution in [0.3, 0.4) is 0 Å². The molecule has 0 bridgehead atoms. The van der Waals surface area contributed by atoms with Crippen molar-refractivity contribution in [2.75, 3.05) is 39.6 Å². The molecule has 5 aliphatic heterocycles. The van der Waals surface area contributed by atoms with Crippen LogP contribution in [0.25, 0.3) is 0 Å². The molecule has 0 aliphatic carbocycles. The molecule has 5 heterocycles. The van der Waals surface area contributed by atoms with E-state index in [1.54, 1.807) is 6.08 Å². The van der Waals surface area contributed by atoms with Gasteiger partial charge in [0.2, 0.25) is 17.7 Å². The summed E-state index contributed by atoms with van der Waals surface area (Å²) >= 11 is 0. The normalized spacial score (nSPS) is 34.0. The molecule has 107 heavy (non-hydrogen) atoms. The second-order valence-corrected chi connectivity index (χ2v) is 30.0. The minimum Gasteiger partial charge on any atom is -0.394 e. The largest absolute Gasteiger partial charge is 0.394 e. The second-order valence-electron chi connectivity index (χ2n) is 30.0. The van der Waals surface area contributed by atoms with Crippen LogP contribution < -0.4 is 16.0 Å². The van der Waals surface area contributed by atoms with Crippen LogP contribution in [0.4, 0.5) is 0 Å². The van der Waals surface area contributed by atoms with Gasteiger partial charge in [0.1, 0.15) is 122 Å². The molecule has 31 nitrogen and oxygen atoms in total. The minimum atomic E-state index is -2.16. The predicted octanol–water partition coefficient (Wildman–Crippen LogP) is 2.09. The lowest BCUT2D eigenvalue weighted by molar-refractivity contribution is -0.385. The molecule has 3 amide bonds. The average Bonchev–Trinajstić information content (AvgIpc) is 0.767. The van der Waals surface area contributed by atoms with Crippen molar-refractivity contribution in [2.24, 2.45) is 0 Å². The molecule has 18 N–H and O–H groups in total. The van der Waals surface area contributed by atoms with Gasteiger partial charge in [-0.1, -0.05) is 219 Å². The van der Waals surface area contributed by atoms with E-state index >= 15 is 0 Å². The van der Waals surface area contributed by atoms with E-state index in [4.69, 9.17) is 47.4 Å². The molecule has 0 aromatic heterocycles. The highest BCUT2D eigenvalue weighted by Gasteiger charge is 2.57. The van der Waals surface area contributed by atoms with Gasteiger partial charge in [-0.25, -0.2) is 0 Å². The van der Waals surface area contributed by atoms with E-state index in [9.17, 15) is 91.0 Å². The summed E-state index contributed by atoms with van der Waals surface area (Å²) in [4.78, 5) is 38.6. The molecule has 0 radical (unpaired) electrons. The van der Waals surface area contributed by atoms with Gasteiger partial charge < -0.3 is 140 Å². The van der Waals surface area contributed by atoms with E-state index in [1.165, 1.54) is 148 Å². The number of hydrogen-bond acceptors (Lipinski definition) is 28. The molecular formula is C76H139N3O28. The number of unbranched alkanes of at least 4 members (excludes halogenated alkanes) is 31. The molecule has 5 aliphatic rings. The first-order valence-corrected chi connectivity index (χ1v) is 40.5. The average molecular weight is 1540 g/mol. The maximum atomic E-state index is 13.6. The lowest BCUT2D eigenvalue weighted by atomic mass is 9.94. The summed E-state index contributed by atoms with van der Waals surface area (Å²) in [6, 6.07) is -4.39. The summed E-state index contributed by atoms with van der Waals surface area (Å²) in [5.74, 6) is -1.89. The number of aliphatic hydroxyl groups is 15. The fraction of sp³-hybridized carbons (Fsp3) is 0.934. The molecule has 0 aromatic rings. The van der Waals surface area contributed by atoms with Crippen LogP contribution in [0.5, 0.6) is 0 Å². The van der Waals surface area contributed by atoms with Crippen molar-refractivity contribution in [1.82, 2.24) is 16.0 Å². The van der Waals surface area contributed by atoms with Gasteiger partial charge in [0.05, 0.1) is 51.8 Å². The van der Waals surface area contributed by atoms with Gasteiger partial charge in [-0.15, -0.1) is 0 Å². The number of ether oxygens (including phenoxy) is 10. The van der Waals surface area contributed by atoms with Crippen molar-refractivity contribution in [2.45, 2.75) is 412 Å². The number of carbonyl (C=O) groups is 3. The van der Waals surface area contributed by atoms with Crippen molar-refractivity contribution in [3.05, 3.63) is 12.2 Å². The highest BCUT2D eigenvalue weighted by atomic mass is 16.8. The van der Waals surface area contributed by atoms with Crippen LogP contribution >= 0.6 is 0 Å².